The highest BCUT2D eigenvalue weighted by atomic mass is 16.5. The summed E-state index contributed by atoms with van der Waals surface area (Å²) in [6, 6.07) is 7.84. The summed E-state index contributed by atoms with van der Waals surface area (Å²) in [6.07, 6.45) is 3.46. The molecule has 27 heavy (non-hydrogen) atoms. The summed E-state index contributed by atoms with van der Waals surface area (Å²) in [5.41, 5.74) is 1.72. The van der Waals surface area contributed by atoms with Crippen molar-refractivity contribution in [2.24, 2.45) is 11.8 Å². The highest BCUT2D eigenvalue weighted by Crippen LogP contribution is 2.25. The Balaban J connectivity index is 1.42. The molecule has 0 spiro atoms. The van der Waals surface area contributed by atoms with Gasteiger partial charge in [-0.25, -0.2) is 14.5 Å². The first-order valence-electron chi connectivity index (χ1n) is 9.72. The lowest BCUT2D eigenvalue weighted by Crippen LogP contribution is -2.42. The zero-order chi connectivity index (χ0) is 18.8. The second-order valence-electron chi connectivity index (χ2n) is 7.60. The Hall–Kier alpha value is -2.41. The summed E-state index contributed by atoms with van der Waals surface area (Å²) in [5, 5.41) is 6.87. The van der Waals surface area contributed by atoms with Gasteiger partial charge in [0.25, 0.3) is 0 Å². The third-order valence-corrected chi connectivity index (χ3v) is 5.77. The van der Waals surface area contributed by atoms with Crippen molar-refractivity contribution in [1.82, 2.24) is 19.7 Å². The van der Waals surface area contributed by atoms with E-state index in [0.29, 0.717) is 19.1 Å². The molecule has 2 fully saturated rings. The monoisotopic (exact) mass is 370 g/mol. The standard InChI is InChI=1S/C20H26N4O3/c1-14-4-2-3-5-17(14)24-18(21-22-20(24)26)12-15-6-9-23(10-7-15)19(25)16-8-11-27-13-16/h2-5,15-16H,6-13H2,1H3,(H,22,26)/t16-/m1/s1. The van der Waals surface area contributed by atoms with Crippen molar-refractivity contribution in [3.05, 3.63) is 46.1 Å². The topological polar surface area (TPSA) is 80.2 Å². The van der Waals surface area contributed by atoms with Gasteiger partial charge in [-0.1, -0.05) is 18.2 Å². The van der Waals surface area contributed by atoms with Crippen LogP contribution in [0.5, 0.6) is 0 Å². The molecule has 1 aromatic heterocycles. The Labute approximate surface area is 158 Å². The maximum Gasteiger partial charge on any atom is 0.347 e. The molecule has 2 aliphatic heterocycles. The molecule has 2 aliphatic rings. The van der Waals surface area contributed by atoms with Gasteiger partial charge in [0, 0.05) is 26.1 Å². The van der Waals surface area contributed by atoms with E-state index >= 15 is 0 Å². The summed E-state index contributed by atoms with van der Waals surface area (Å²) in [5.74, 6) is 1.47. The van der Waals surface area contributed by atoms with Gasteiger partial charge < -0.3 is 9.64 Å². The van der Waals surface area contributed by atoms with Crippen LogP contribution in [0.2, 0.25) is 0 Å². The van der Waals surface area contributed by atoms with Crippen molar-refractivity contribution in [2.45, 2.75) is 32.6 Å². The first-order chi connectivity index (χ1) is 13.1. The number of carbonyl (C=O) groups excluding carboxylic acids is 1. The molecule has 0 bridgehead atoms. The SMILES string of the molecule is Cc1ccccc1-n1c(CC2CCN(C(=O)[C@@H]3CCOC3)CC2)n[nH]c1=O. The van der Waals surface area contributed by atoms with Crippen molar-refractivity contribution in [3.8, 4) is 5.69 Å². The van der Waals surface area contributed by atoms with E-state index in [9.17, 15) is 9.59 Å². The molecule has 2 aromatic rings. The number of amides is 1. The fraction of sp³-hybridized carbons (Fsp3) is 0.550. The zero-order valence-corrected chi connectivity index (χ0v) is 15.7. The van der Waals surface area contributed by atoms with E-state index in [2.05, 4.69) is 10.2 Å². The second kappa shape index (κ2) is 7.68. The number of aromatic nitrogens is 3. The quantitative estimate of drug-likeness (QED) is 0.888. The zero-order valence-electron chi connectivity index (χ0n) is 15.7. The molecule has 0 radical (unpaired) electrons. The van der Waals surface area contributed by atoms with Crippen LogP contribution in [-0.4, -0.2) is 51.9 Å². The van der Waals surface area contributed by atoms with Gasteiger partial charge in [-0.3, -0.25) is 4.79 Å². The maximum atomic E-state index is 12.5. The normalized spacial score (nSPS) is 20.9. The summed E-state index contributed by atoms with van der Waals surface area (Å²) < 4.78 is 7.03. The molecule has 1 N–H and O–H groups in total. The van der Waals surface area contributed by atoms with Gasteiger partial charge in [-0.2, -0.15) is 5.10 Å². The van der Waals surface area contributed by atoms with Gasteiger partial charge in [-0.05, 0) is 43.7 Å². The molecule has 1 amide bonds. The number of aryl methyl sites for hydroxylation is 1. The number of hydrogen-bond acceptors (Lipinski definition) is 4. The van der Waals surface area contributed by atoms with Crippen LogP contribution in [0.15, 0.2) is 29.1 Å². The molecule has 3 heterocycles. The molecule has 0 saturated carbocycles. The third-order valence-electron chi connectivity index (χ3n) is 5.77. The number of H-pyrrole nitrogens is 1. The van der Waals surface area contributed by atoms with Crippen LogP contribution >= 0.6 is 0 Å². The van der Waals surface area contributed by atoms with Crippen LogP contribution in [0.4, 0.5) is 0 Å². The largest absolute Gasteiger partial charge is 0.381 e. The third kappa shape index (κ3) is 3.69. The number of nitrogens with one attached hydrogen (secondary N) is 1. The van der Waals surface area contributed by atoms with Crippen LogP contribution < -0.4 is 5.69 Å². The fourth-order valence-corrected chi connectivity index (χ4v) is 4.13. The number of piperidine rings is 1. The van der Waals surface area contributed by atoms with E-state index in [0.717, 1.165) is 55.8 Å². The van der Waals surface area contributed by atoms with Gasteiger partial charge in [0.05, 0.1) is 18.2 Å². The van der Waals surface area contributed by atoms with Crippen molar-refractivity contribution < 1.29 is 9.53 Å². The summed E-state index contributed by atoms with van der Waals surface area (Å²) in [4.78, 5) is 26.8. The molecule has 4 rings (SSSR count). The van der Waals surface area contributed by atoms with Crippen molar-refractivity contribution in [2.75, 3.05) is 26.3 Å². The lowest BCUT2D eigenvalue weighted by molar-refractivity contribution is -0.136. The van der Waals surface area contributed by atoms with Crippen molar-refractivity contribution in [3.63, 3.8) is 0 Å². The molecule has 1 aromatic carbocycles. The predicted octanol–water partition coefficient (Wildman–Crippen LogP) is 1.69. The van der Waals surface area contributed by atoms with Gasteiger partial charge in [0.15, 0.2) is 0 Å². The summed E-state index contributed by atoms with van der Waals surface area (Å²) >= 11 is 0. The number of carbonyl (C=O) groups is 1. The van der Waals surface area contributed by atoms with Crippen LogP contribution in [-0.2, 0) is 16.0 Å². The average Bonchev–Trinajstić information content (AvgIpc) is 3.33. The first kappa shape index (κ1) is 18.0. The van der Waals surface area contributed by atoms with Gasteiger partial charge in [-0.15, -0.1) is 0 Å². The Morgan fingerprint density at radius 1 is 1.26 bits per heavy atom. The molecule has 0 aliphatic carbocycles. The summed E-state index contributed by atoms with van der Waals surface area (Å²) in [7, 11) is 0. The van der Waals surface area contributed by atoms with Crippen LogP contribution in [0.25, 0.3) is 5.69 Å². The molecule has 0 unspecified atom stereocenters. The van der Waals surface area contributed by atoms with Gasteiger partial charge >= 0.3 is 5.69 Å². The van der Waals surface area contributed by atoms with E-state index in [-0.39, 0.29) is 17.5 Å². The highest BCUT2D eigenvalue weighted by molar-refractivity contribution is 5.79. The molecule has 1 atom stereocenters. The van der Waals surface area contributed by atoms with E-state index in [1.54, 1.807) is 4.57 Å². The molecular formula is C20H26N4O3. The second-order valence-corrected chi connectivity index (χ2v) is 7.60. The summed E-state index contributed by atoms with van der Waals surface area (Å²) in [6.45, 7) is 4.81. The minimum atomic E-state index is -0.201. The van der Waals surface area contributed by atoms with Crippen molar-refractivity contribution in [1.29, 1.82) is 0 Å². The first-order valence-corrected chi connectivity index (χ1v) is 9.72. The number of benzene rings is 1. The fourth-order valence-electron chi connectivity index (χ4n) is 4.13. The predicted molar refractivity (Wildman–Crippen MR) is 101 cm³/mol. The van der Waals surface area contributed by atoms with Crippen LogP contribution in [0.1, 0.15) is 30.7 Å². The Morgan fingerprint density at radius 3 is 2.74 bits per heavy atom. The number of nitrogens with zero attached hydrogens (tertiary/aromatic N) is 3. The number of para-hydroxylation sites is 1. The molecule has 144 valence electrons. The number of rotatable bonds is 4. The maximum absolute atomic E-state index is 12.5. The van der Waals surface area contributed by atoms with Crippen molar-refractivity contribution >= 4 is 5.91 Å². The number of ether oxygens (including phenoxy) is 1. The van der Waals surface area contributed by atoms with Crippen LogP contribution in [0, 0.1) is 18.8 Å². The minimum absolute atomic E-state index is 0.0409. The number of aromatic amines is 1. The molecule has 2 saturated heterocycles. The van der Waals surface area contributed by atoms with Crippen LogP contribution in [0.3, 0.4) is 0 Å². The lowest BCUT2D eigenvalue weighted by Gasteiger charge is -2.33. The molecular weight excluding hydrogens is 344 g/mol. The molecule has 7 nitrogen and oxygen atoms in total. The Morgan fingerprint density at radius 2 is 2.04 bits per heavy atom. The Bertz CT molecular complexity index is 858. The minimum Gasteiger partial charge on any atom is -0.381 e. The average molecular weight is 370 g/mol. The lowest BCUT2D eigenvalue weighted by atomic mass is 9.92. The Kier molecular flexibility index (Phi) is 5.11. The van der Waals surface area contributed by atoms with E-state index in [1.807, 2.05) is 36.1 Å². The van der Waals surface area contributed by atoms with E-state index < -0.39 is 0 Å². The van der Waals surface area contributed by atoms with Gasteiger partial charge in [0.2, 0.25) is 5.91 Å². The highest BCUT2D eigenvalue weighted by Gasteiger charge is 2.31. The van der Waals surface area contributed by atoms with Gasteiger partial charge in [0.1, 0.15) is 5.82 Å². The smallest absolute Gasteiger partial charge is 0.347 e. The number of likely N-dealkylation sites (tertiary alicyclic amines) is 1. The van der Waals surface area contributed by atoms with E-state index in [4.69, 9.17) is 4.74 Å². The molecule has 7 heteroatoms. The van der Waals surface area contributed by atoms with E-state index in [1.165, 1.54) is 0 Å². The number of hydrogen-bond donors (Lipinski definition) is 1.